The highest BCUT2D eigenvalue weighted by molar-refractivity contribution is 7.99. The maximum Gasteiger partial charge on any atom is 0.230 e. The monoisotopic (exact) mass is 306 g/mol. The van der Waals surface area contributed by atoms with Gasteiger partial charge in [-0.1, -0.05) is 36.0 Å². The van der Waals surface area contributed by atoms with Crippen LogP contribution in [0, 0.1) is 0 Å². The highest BCUT2D eigenvalue weighted by Crippen LogP contribution is 2.10. The van der Waals surface area contributed by atoms with Crippen LogP contribution in [-0.4, -0.2) is 33.4 Å². The van der Waals surface area contributed by atoms with Gasteiger partial charge >= 0.3 is 0 Å². The Hall–Kier alpha value is -1.86. The molecular formula is C14H18N4O2S. The van der Waals surface area contributed by atoms with Crippen LogP contribution in [0.25, 0.3) is 0 Å². The van der Waals surface area contributed by atoms with Crippen molar-refractivity contribution in [2.24, 2.45) is 0 Å². The smallest absolute Gasteiger partial charge is 0.230 e. The molecule has 112 valence electrons. The minimum atomic E-state index is -0.0355. The van der Waals surface area contributed by atoms with Crippen LogP contribution in [0.4, 0.5) is 0 Å². The van der Waals surface area contributed by atoms with Gasteiger partial charge < -0.3 is 10.1 Å². The topological polar surface area (TPSA) is 79.9 Å². The average molecular weight is 306 g/mol. The van der Waals surface area contributed by atoms with Gasteiger partial charge in [0.15, 0.2) is 5.16 Å². The van der Waals surface area contributed by atoms with Crippen LogP contribution >= 0.6 is 11.8 Å². The van der Waals surface area contributed by atoms with Crippen molar-refractivity contribution in [1.29, 1.82) is 0 Å². The summed E-state index contributed by atoms with van der Waals surface area (Å²) in [6.45, 7) is 3.77. The maximum atomic E-state index is 11.7. The van der Waals surface area contributed by atoms with Crippen molar-refractivity contribution in [1.82, 2.24) is 20.5 Å². The van der Waals surface area contributed by atoms with E-state index in [0.717, 1.165) is 11.1 Å². The number of nitrogens with zero attached hydrogens (tertiary/aromatic N) is 2. The summed E-state index contributed by atoms with van der Waals surface area (Å²) in [6, 6.07) is 8.01. The summed E-state index contributed by atoms with van der Waals surface area (Å²) >= 11 is 1.32. The Bertz CT molecular complexity index is 560. The molecule has 21 heavy (non-hydrogen) atoms. The average Bonchev–Trinajstić information content (AvgIpc) is 3.03. The number of thioether (sulfide) groups is 1. The first-order valence-electron chi connectivity index (χ1n) is 6.68. The maximum absolute atomic E-state index is 11.7. The Kier molecular flexibility index (Phi) is 6.23. The van der Waals surface area contributed by atoms with Gasteiger partial charge in [-0.3, -0.25) is 9.89 Å². The quantitative estimate of drug-likeness (QED) is 0.726. The van der Waals surface area contributed by atoms with Crippen LogP contribution in [-0.2, 0) is 22.7 Å². The van der Waals surface area contributed by atoms with E-state index in [1.165, 1.54) is 18.1 Å². The lowest BCUT2D eigenvalue weighted by atomic mass is 10.1. The van der Waals surface area contributed by atoms with Gasteiger partial charge in [-0.25, -0.2) is 4.98 Å². The summed E-state index contributed by atoms with van der Waals surface area (Å²) in [4.78, 5) is 15.7. The normalized spacial score (nSPS) is 10.5. The molecule has 2 rings (SSSR count). The van der Waals surface area contributed by atoms with Crippen molar-refractivity contribution in [2.75, 3.05) is 12.4 Å². The number of hydrogen-bond donors (Lipinski definition) is 2. The third-order valence-corrected chi connectivity index (χ3v) is 3.56. The number of aromatic nitrogens is 3. The van der Waals surface area contributed by atoms with Gasteiger partial charge in [0, 0.05) is 13.2 Å². The molecule has 0 radical (unpaired) electrons. The predicted octanol–water partition coefficient (Wildman–Crippen LogP) is 1.75. The fraction of sp³-hybridized carbons (Fsp3) is 0.357. The zero-order valence-corrected chi connectivity index (χ0v) is 12.7. The van der Waals surface area contributed by atoms with E-state index in [-0.39, 0.29) is 5.91 Å². The Balaban J connectivity index is 1.75. The first-order valence-corrected chi connectivity index (χ1v) is 7.67. The fourth-order valence-corrected chi connectivity index (χ4v) is 2.31. The molecule has 0 aliphatic carbocycles. The van der Waals surface area contributed by atoms with Crippen molar-refractivity contribution >= 4 is 17.7 Å². The molecule has 2 N–H and O–H groups in total. The third-order valence-electron chi connectivity index (χ3n) is 2.69. The number of aromatic amines is 1. The number of nitrogens with one attached hydrogen (secondary N) is 2. The minimum absolute atomic E-state index is 0.0355. The van der Waals surface area contributed by atoms with Crippen LogP contribution in [0.15, 0.2) is 35.7 Å². The van der Waals surface area contributed by atoms with E-state index in [0.29, 0.717) is 30.7 Å². The van der Waals surface area contributed by atoms with Crippen molar-refractivity contribution in [3.63, 3.8) is 0 Å². The fourth-order valence-electron chi connectivity index (χ4n) is 1.70. The highest BCUT2D eigenvalue weighted by Gasteiger charge is 2.05. The van der Waals surface area contributed by atoms with Crippen molar-refractivity contribution in [2.45, 2.75) is 25.2 Å². The van der Waals surface area contributed by atoms with Crippen LogP contribution in [0.1, 0.15) is 18.1 Å². The summed E-state index contributed by atoms with van der Waals surface area (Å²) in [5, 5.41) is 9.95. The number of benzene rings is 1. The molecule has 0 bridgehead atoms. The number of H-pyrrole nitrogens is 1. The van der Waals surface area contributed by atoms with Crippen molar-refractivity contribution < 1.29 is 9.53 Å². The molecule has 1 aromatic carbocycles. The van der Waals surface area contributed by atoms with E-state index in [1.807, 2.05) is 31.2 Å². The van der Waals surface area contributed by atoms with E-state index in [2.05, 4.69) is 20.5 Å². The molecule has 0 atom stereocenters. The molecular weight excluding hydrogens is 288 g/mol. The van der Waals surface area contributed by atoms with E-state index < -0.39 is 0 Å². The van der Waals surface area contributed by atoms with Crippen LogP contribution in [0.3, 0.4) is 0 Å². The molecule has 0 saturated carbocycles. The summed E-state index contributed by atoms with van der Waals surface area (Å²) in [5.74, 6) is 0.278. The Morgan fingerprint density at radius 1 is 1.43 bits per heavy atom. The van der Waals surface area contributed by atoms with Gasteiger partial charge in [-0.15, -0.1) is 0 Å². The van der Waals surface area contributed by atoms with Gasteiger partial charge in [0.05, 0.1) is 12.4 Å². The molecule has 0 spiro atoms. The molecule has 1 amide bonds. The Morgan fingerprint density at radius 2 is 2.29 bits per heavy atom. The van der Waals surface area contributed by atoms with E-state index in [4.69, 9.17) is 4.74 Å². The molecule has 1 aromatic heterocycles. The third kappa shape index (κ3) is 5.57. The lowest BCUT2D eigenvalue weighted by Crippen LogP contribution is -2.24. The number of hydrogen-bond acceptors (Lipinski definition) is 5. The molecule has 1 heterocycles. The number of carbonyl (C=O) groups excluding carboxylic acids is 1. The van der Waals surface area contributed by atoms with Gasteiger partial charge in [0.25, 0.3) is 0 Å². The lowest BCUT2D eigenvalue weighted by molar-refractivity contribution is -0.118. The highest BCUT2D eigenvalue weighted by atomic mass is 32.2. The largest absolute Gasteiger partial charge is 0.377 e. The van der Waals surface area contributed by atoms with Gasteiger partial charge in [0.1, 0.15) is 6.33 Å². The molecule has 7 heteroatoms. The molecule has 6 nitrogen and oxygen atoms in total. The number of ether oxygens (including phenoxy) is 1. The molecule has 0 saturated heterocycles. The second kappa shape index (κ2) is 8.43. The molecule has 0 aliphatic rings. The molecule has 2 aromatic rings. The Morgan fingerprint density at radius 3 is 3.05 bits per heavy atom. The van der Waals surface area contributed by atoms with Crippen molar-refractivity contribution in [3.05, 3.63) is 41.7 Å². The zero-order chi connectivity index (χ0) is 14.9. The van der Waals surface area contributed by atoms with Gasteiger partial charge in [-0.05, 0) is 18.1 Å². The van der Waals surface area contributed by atoms with E-state index >= 15 is 0 Å². The summed E-state index contributed by atoms with van der Waals surface area (Å²) in [5.41, 5.74) is 2.17. The van der Waals surface area contributed by atoms with E-state index in [1.54, 1.807) is 0 Å². The predicted molar refractivity (Wildman–Crippen MR) is 80.7 cm³/mol. The molecule has 0 unspecified atom stereocenters. The molecule has 0 aliphatic heterocycles. The van der Waals surface area contributed by atoms with Crippen molar-refractivity contribution in [3.8, 4) is 0 Å². The number of carbonyl (C=O) groups is 1. The summed E-state index contributed by atoms with van der Waals surface area (Å²) < 4.78 is 5.37. The van der Waals surface area contributed by atoms with Crippen LogP contribution < -0.4 is 5.32 Å². The first kappa shape index (κ1) is 15.5. The van der Waals surface area contributed by atoms with Gasteiger partial charge in [-0.2, -0.15) is 5.10 Å². The van der Waals surface area contributed by atoms with Crippen LogP contribution in [0.5, 0.6) is 0 Å². The zero-order valence-electron chi connectivity index (χ0n) is 11.8. The van der Waals surface area contributed by atoms with E-state index in [9.17, 15) is 4.79 Å². The summed E-state index contributed by atoms with van der Waals surface area (Å²) in [6.07, 6.45) is 1.42. The SMILES string of the molecule is CCOCc1cccc(CNC(=O)CSc2ncn[nH]2)c1. The van der Waals surface area contributed by atoms with Crippen LogP contribution in [0.2, 0.25) is 0 Å². The number of amides is 1. The Labute approximate surface area is 127 Å². The summed E-state index contributed by atoms with van der Waals surface area (Å²) in [7, 11) is 0. The van der Waals surface area contributed by atoms with Gasteiger partial charge in [0.2, 0.25) is 5.91 Å². The lowest BCUT2D eigenvalue weighted by Gasteiger charge is -2.07. The first-order chi connectivity index (χ1) is 10.3. The second-order valence-corrected chi connectivity index (χ2v) is 5.28. The second-order valence-electron chi connectivity index (χ2n) is 4.31. The molecule has 0 fully saturated rings. The standard InChI is InChI=1S/C14H18N4O2S/c1-2-20-8-12-5-3-4-11(6-12)7-15-13(19)9-21-14-16-10-17-18-14/h3-6,10H,2,7-9H2,1H3,(H,15,19)(H,16,17,18). The minimum Gasteiger partial charge on any atom is -0.377 e. The number of rotatable bonds is 8.